The topological polar surface area (TPSA) is 68.3 Å². The molecule has 0 aliphatic carbocycles. The number of rotatable bonds is 5. The van der Waals surface area contributed by atoms with E-state index in [9.17, 15) is 4.79 Å². The van der Waals surface area contributed by atoms with Crippen molar-refractivity contribution in [3.63, 3.8) is 0 Å². The Morgan fingerprint density at radius 2 is 2.00 bits per heavy atom. The van der Waals surface area contributed by atoms with E-state index in [1.165, 1.54) is 0 Å². The number of nitrogens with one attached hydrogen (secondary N) is 1. The molecule has 0 fully saturated rings. The van der Waals surface area contributed by atoms with E-state index in [1.54, 1.807) is 6.92 Å². The van der Waals surface area contributed by atoms with Gasteiger partial charge in [0.1, 0.15) is 11.5 Å². The molecule has 1 amide bonds. The molecule has 0 saturated carbocycles. The monoisotopic (exact) mass is 268 g/mol. The molecule has 0 saturated heterocycles. The second-order valence-corrected chi connectivity index (χ2v) is 4.90. The summed E-state index contributed by atoms with van der Waals surface area (Å²) < 4.78 is 5.44. The number of hydrogen-bond acceptors (Lipinski definition) is 3. The minimum absolute atomic E-state index is 0.173. The van der Waals surface area contributed by atoms with Gasteiger partial charge < -0.3 is 15.5 Å². The van der Waals surface area contributed by atoms with Gasteiger partial charge in [-0.3, -0.25) is 4.79 Å². The van der Waals surface area contributed by atoms with Crippen molar-refractivity contribution < 1.29 is 9.21 Å². The first-order valence-corrected chi connectivity index (χ1v) is 6.46. The maximum atomic E-state index is 12.2. The molecule has 3 N–H and O–H groups in total. The molecular formula is C13H20N2O2S. The molecule has 4 nitrogen and oxygen atoms in total. The van der Waals surface area contributed by atoms with Gasteiger partial charge in [-0.15, -0.1) is 0 Å². The van der Waals surface area contributed by atoms with E-state index in [4.69, 9.17) is 22.4 Å². The molecular weight excluding hydrogens is 248 g/mol. The van der Waals surface area contributed by atoms with E-state index >= 15 is 0 Å². The zero-order valence-electron chi connectivity index (χ0n) is 11.3. The van der Waals surface area contributed by atoms with Crippen molar-refractivity contribution in [2.24, 2.45) is 5.73 Å². The van der Waals surface area contributed by atoms with Crippen molar-refractivity contribution in [1.82, 2.24) is 5.32 Å². The summed E-state index contributed by atoms with van der Waals surface area (Å²) in [5.41, 5.74) is 7.08. The zero-order chi connectivity index (χ0) is 13.9. The standard InChI is InChI=1S/C13H20N2O2S/c1-5-6-10(12(14)18)15-13(16)11-7(2)8(3)17-9(11)4/h10H,5-6H2,1-4H3,(H2,14,18)(H,15,16). The molecule has 5 heteroatoms. The second kappa shape index (κ2) is 6.00. The largest absolute Gasteiger partial charge is 0.466 e. The van der Waals surface area contributed by atoms with Crippen molar-refractivity contribution in [3.05, 3.63) is 22.6 Å². The average molecular weight is 268 g/mol. The van der Waals surface area contributed by atoms with Gasteiger partial charge in [-0.2, -0.15) is 0 Å². The molecule has 100 valence electrons. The van der Waals surface area contributed by atoms with Crippen molar-refractivity contribution in [2.75, 3.05) is 0 Å². The summed E-state index contributed by atoms with van der Waals surface area (Å²) in [6, 6.07) is -0.258. The van der Waals surface area contributed by atoms with Gasteiger partial charge in [0.15, 0.2) is 0 Å². The summed E-state index contributed by atoms with van der Waals surface area (Å²) in [7, 11) is 0. The second-order valence-electron chi connectivity index (χ2n) is 4.43. The highest BCUT2D eigenvalue weighted by molar-refractivity contribution is 7.80. The average Bonchev–Trinajstić information content (AvgIpc) is 2.52. The quantitative estimate of drug-likeness (QED) is 0.805. The van der Waals surface area contributed by atoms with Crippen molar-refractivity contribution in [1.29, 1.82) is 0 Å². The Hall–Kier alpha value is -1.36. The highest BCUT2D eigenvalue weighted by Crippen LogP contribution is 2.20. The Balaban J connectivity index is 2.90. The Kier molecular flexibility index (Phi) is 4.90. The lowest BCUT2D eigenvalue weighted by molar-refractivity contribution is 0.0943. The van der Waals surface area contributed by atoms with Crippen LogP contribution in [0.4, 0.5) is 0 Å². The Bertz CT molecular complexity index is 466. The molecule has 18 heavy (non-hydrogen) atoms. The molecule has 0 aliphatic rings. The van der Waals surface area contributed by atoms with Crippen LogP contribution in [0.2, 0.25) is 0 Å². The Morgan fingerprint density at radius 3 is 2.39 bits per heavy atom. The highest BCUT2D eigenvalue weighted by atomic mass is 32.1. The van der Waals surface area contributed by atoms with Gasteiger partial charge in [-0.05, 0) is 27.2 Å². The molecule has 1 unspecified atom stereocenters. The molecule has 0 aliphatic heterocycles. The minimum atomic E-state index is -0.258. The number of nitrogens with two attached hydrogens (primary N) is 1. The Morgan fingerprint density at radius 1 is 1.39 bits per heavy atom. The fourth-order valence-corrected chi connectivity index (χ4v) is 2.11. The maximum absolute atomic E-state index is 12.2. The number of thiocarbonyl (C=S) groups is 1. The van der Waals surface area contributed by atoms with E-state index in [-0.39, 0.29) is 11.9 Å². The first kappa shape index (κ1) is 14.7. The van der Waals surface area contributed by atoms with Gasteiger partial charge >= 0.3 is 0 Å². The van der Waals surface area contributed by atoms with Crippen LogP contribution in [-0.4, -0.2) is 16.9 Å². The van der Waals surface area contributed by atoms with E-state index in [0.717, 1.165) is 24.2 Å². The smallest absolute Gasteiger partial charge is 0.255 e. The molecule has 1 atom stereocenters. The highest BCUT2D eigenvalue weighted by Gasteiger charge is 2.21. The van der Waals surface area contributed by atoms with Crippen molar-refractivity contribution in [2.45, 2.75) is 46.6 Å². The molecule has 0 aromatic carbocycles. The van der Waals surface area contributed by atoms with Crippen LogP contribution in [0.5, 0.6) is 0 Å². The first-order valence-electron chi connectivity index (χ1n) is 6.05. The third-order valence-corrected chi connectivity index (χ3v) is 3.30. The molecule has 1 rings (SSSR count). The zero-order valence-corrected chi connectivity index (χ0v) is 12.1. The van der Waals surface area contributed by atoms with Gasteiger partial charge in [0.25, 0.3) is 5.91 Å². The molecule has 0 radical (unpaired) electrons. The SMILES string of the molecule is CCCC(NC(=O)c1c(C)oc(C)c1C)C(N)=S. The predicted octanol–water partition coefficient (Wildman–Crippen LogP) is 2.39. The number of amides is 1. The summed E-state index contributed by atoms with van der Waals surface area (Å²) in [6.45, 7) is 7.52. The van der Waals surface area contributed by atoms with Gasteiger partial charge in [0.2, 0.25) is 0 Å². The maximum Gasteiger partial charge on any atom is 0.255 e. The molecule has 0 bridgehead atoms. The third kappa shape index (κ3) is 3.10. The van der Waals surface area contributed by atoms with Gasteiger partial charge in [0, 0.05) is 5.56 Å². The fourth-order valence-electron chi connectivity index (χ4n) is 1.93. The van der Waals surface area contributed by atoms with Crippen LogP contribution < -0.4 is 11.1 Å². The minimum Gasteiger partial charge on any atom is -0.466 e. The van der Waals surface area contributed by atoms with Crippen LogP contribution in [-0.2, 0) is 0 Å². The summed E-state index contributed by atoms with van der Waals surface area (Å²) in [5.74, 6) is 1.22. The Labute approximate surface area is 113 Å². The van der Waals surface area contributed by atoms with Crippen LogP contribution in [0, 0.1) is 20.8 Å². The number of carbonyl (C=O) groups excluding carboxylic acids is 1. The van der Waals surface area contributed by atoms with Gasteiger partial charge in [0.05, 0.1) is 16.6 Å². The predicted molar refractivity (Wildman–Crippen MR) is 75.9 cm³/mol. The van der Waals surface area contributed by atoms with Gasteiger partial charge in [-0.25, -0.2) is 0 Å². The van der Waals surface area contributed by atoms with Crippen molar-refractivity contribution in [3.8, 4) is 0 Å². The summed E-state index contributed by atoms with van der Waals surface area (Å²) in [4.78, 5) is 12.5. The lowest BCUT2D eigenvalue weighted by atomic mass is 10.1. The number of aryl methyl sites for hydroxylation is 2. The normalized spacial score (nSPS) is 12.2. The van der Waals surface area contributed by atoms with Gasteiger partial charge in [-0.1, -0.05) is 25.6 Å². The number of carbonyl (C=O) groups is 1. The molecule has 1 aromatic rings. The van der Waals surface area contributed by atoms with E-state index in [2.05, 4.69) is 5.32 Å². The summed E-state index contributed by atoms with van der Waals surface area (Å²) in [5, 5.41) is 2.86. The van der Waals surface area contributed by atoms with Crippen LogP contribution in [0.25, 0.3) is 0 Å². The molecule has 1 aromatic heterocycles. The lowest BCUT2D eigenvalue weighted by Gasteiger charge is -2.16. The molecule has 0 spiro atoms. The van der Waals surface area contributed by atoms with Crippen LogP contribution in [0.15, 0.2) is 4.42 Å². The molecule has 1 heterocycles. The fraction of sp³-hybridized carbons (Fsp3) is 0.538. The van der Waals surface area contributed by atoms with Crippen LogP contribution in [0.3, 0.4) is 0 Å². The number of hydrogen-bond donors (Lipinski definition) is 2. The third-order valence-electron chi connectivity index (χ3n) is 3.01. The lowest BCUT2D eigenvalue weighted by Crippen LogP contribution is -2.43. The number of furan rings is 1. The summed E-state index contributed by atoms with van der Waals surface area (Å²) in [6.07, 6.45) is 1.65. The van der Waals surface area contributed by atoms with E-state index in [1.807, 2.05) is 20.8 Å². The van der Waals surface area contributed by atoms with Crippen LogP contribution in [0.1, 0.15) is 47.2 Å². The van der Waals surface area contributed by atoms with E-state index in [0.29, 0.717) is 16.3 Å². The van der Waals surface area contributed by atoms with Crippen molar-refractivity contribution >= 4 is 23.1 Å². The first-order chi connectivity index (χ1) is 8.38. The summed E-state index contributed by atoms with van der Waals surface area (Å²) >= 11 is 4.96. The van der Waals surface area contributed by atoms with E-state index < -0.39 is 0 Å². The van der Waals surface area contributed by atoms with Crippen LogP contribution >= 0.6 is 12.2 Å².